The average molecular weight is 499 g/mol. The lowest BCUT2D eigenvalue weighted by molar-refractivity contribution is 0.244. The largest absolute Gasteiger partial charge is 0.494 e. The fraction of sp³-hybridized carbons (Fsp3) is 0.207. The van der Waals surface area contributed by atoms with Gasteiger partial charge in [-0.15, -0.1) is 0 Å². The van der Waals surface area contributed by atoms with Gasteiger partial charge in [-0.3, -0.25) is 4.90 Å². The van der Waals surface area contributed by atoms with Gasteiger partial charge in [0.05, 0.1) is 23.9 Å². The third-order valence-electron chi connectivity index (χ3n) is 6.23. The molecule has 0 saturated carbocycles. The van der Waals surface area contributed by atoms with Crippen molar-refractivity contribution in [3.63, 3.8) is 0 Å². The zero-order valence-corrected chi connectivity index (χ0v) is 21.1. The molecule has 0 bridgehead atoms. The molecule has 1 unspecified atom stereocenters. The Morgan fingerprint density at radius 1 is 1.00 bits per heavy atom. The minimum atomic E-state index is -0.535. The lowest BCUT2D eigenvalue weighted by Crippen LogP contribution is -2.46. The van der Waals surface area contributed by atoms with Crippen molar-refractivity contribution in [3.8, 4) is 17.1 Å². The molecular formula is C29H27FN4O3. The van der Waals surface area contributed by atoms with Gasteiger partial charge in [0, 0.05) is 11.3 Å². The van der Waals surface area contributed by atoms with Crippen molar-refractivity contribution in [2.75, 3.05) is 11.5 Å². The van der Waals surface area contributed by atoms with Crippen LogP contribution in [0.1, 0.15) is 42.5 Å². The first-order valence-corrected chi connectivity index (χ1v) is 12.1. The molecule has 0 radical (unpaired) electrons. The van der Waals surface area contributed by atoms with Crippen LogP contribution in [-0.2, 0) is 0 Å². The molecule has 1 N–H and O–H groups in total. The van der Waals surface area contributed by atoms with Crippen molar-refractivity contribution in [1.29, 1.82) is 0 Å². The molecule has 1 atom stereocenters. The predicted octanol–water partition coefficient (Wildman–Crippen LogP) is 6.59. The number of aryl methyl sites for hydroxylation is 2. The maximum absolute atomic E-state index is 13.5. The monoisotopic (exact) mass is 498 g/mol. The van der Waals surface area contributed by atoms with Crippen LogP contribution < -0.4 is 15.0 Å². The number of urea groups is 1. The number of hydrogen-bond donors (Lipinski definition) is 1. The van der Waals surface area contributed by atoms with Gasteiger partial charge in [0.1, 0.15) is 11.6 Å². The first kappa shape index (κ1) is 24.2. The Labute approximate surface area is 214 Å². The van der Waals surface area contributed by atoms with E-state index < -0.39 is 6.04 Å². The molecule has 0 fully saturated rings. The Kier molecular flexibility index (Phi) is 6.48. The third kappa shape index (κ3) is 4.82. The molecule has 2 amide bonds. The molecule has 188 valence electrons. The number of ether oxygens (including phenoxy) is 1. The van der Waals surface area contributed by atoms with Crippen molar-refractivity contribution < 1.29 is 18.4 Å². The third-order valence-corrected chi connectivity index (χ3v) is 6.23. The van der Waals surface area contributed by atoms with E-state index in [1.165, 1.54) is 12.1 Å². The topological polar surface area (TPSA) is 80.5 Å². The number of hydrogen-bond acceptors (Lipinski definition) is 5. The predicted molar refractivity (Wildman–Crippen MR) is 140 cm³/mol. The summed E-state index contributed by atoms with van der Waals surface area (Å²) in [6.45, 7) is 8.34. The molecule has 0 spiro atoms. The van der Waals surface area contributed by atoms with E-state index in [-0.39, 0.29) is 17.7 Å². The Balaban J connectivity index is 1.64. The number of nitrogens with one attached hydrogen (secondary N) is 1. The molecule has 1 aliphatic heterocycles. The Morgan fingerprint density at radius 2 is 1.68 bits per heavy atom. The molecule has 8 heteroatoms. The summed E-state index contributed by atoms with van der Waals surface area (Å²) in [6.07, 6.45) is 0. The number of anilines is 1. The van der Waals surface area contributed by atoms with Crippen LogP contribution in [0.15, 0.2) is 77.0 Å². The first-order valence-electron chi connectivity index (χ1n) is 12.1. The molecule has 7 nitrogen and oxygen atoms in total. The fourth-order valence-corrected chi connectivity index (χ4v) is 4.63. The number of carbonyl (C=O) groups excluding carboxylic acids is 1. The second-order valence-corrected chi connectivity index (χ2v) is 8.99. The summed E-state index contributed by atoms with van der Waals surface area (Å²) in [6, 6.07) is 18.6. The van der Waals surface area contributed by atoms with Gasteiger partial charge in [-0.1, -0.05) is 23.4 Å². The van der Waals surface area contributed by atoms with Crippen molar-refractivity contribution in [2.45, 2.75) is 33.7 Å². The van der Waals surface area contributed by atoms with Gasteiger partial charge in [0.2, 0.25) is 5.82 Å². The summed E-state index contributed by atoms with van der Waals surface area (Å²) < 4.78 is 24.7. The number of allylic oxidation sites excluding steroid dienone is 1. The maximum Gasteiger partial charge on any atom is 0.326 e. The number of benzene rings is 3. The van der Waals surface area contributed by atoms with E-state index >= 15 is 0 Å². The molecule has 3 aromatic carbocycles. The number of carbonyl (C=O) groups is 1. The summed E-state index contributed by atoms with van der Waals surface area (Å²) >= 11 is 0. The van der Waals surface area contributed by atoms with E-state index in [0.717, 1.165) is 28.1 Å². The van der Waals surface area contributed by atoms with E-state index in [4.69, 9.17) is 9.26 Å². The summed E-state index contributed by atoms with van der Waals surface area (Å²) in [5, 5.41) is 7.26. The van der Waals surface area contributed by atoms with E-state index in [2.05, 4.69) is 21.5 Å². The molecule has 5 rings (SSSR count). The van der Waals surface area contributed by atoms with Gasteiger partial charge >= 0.3 is 6.03 Å². The minimum absolute atomic E-state index is 0.261. The second-order valence-electron chi connectivity index (χ2n) is 8.99. The first-order chi connectivity index (χ1) is 17.8. The SMILES string of the molecule is CCOc1ccc(C2NC(=O)N(c3cc(C)cc(C)c3)C(C)=C2c2nc(-c3ccc(F)cc3)no2)cc1. The van der Waals surface area contributed by atoms with Crippen LogP contribution in [0.5, 0.6) is 5.75 Å². The zero-order valence-electron chi connectivity index (χ0n) is 21.1. The Morgan fingerprint density at radius 3 is 2.32 bits per heavy atom. The highest BCUT2D eigenvalue weighted by atomic mass is 19.1. The number of nitrogens with zero attached hydrogens (tertiary/aromatic N) is 3. The molecule has 4 aromatic rings. The minimum Gasteiger partial charge on any atom is -0.494 e. The maximum atomic E-state index is 13.5. The molecule has 0 aliphatic carbocycles. The quantitative estimate of drug-likeness (QED) is 0.324. The average Bonchev–Trinajstić information content (AvgIpc) is 3.34. The van der Waals surface area contributed by atoms with E-state index in [9.17, 15) is 9.18 Å². The Bertz CT molecular complexity index is 1460. The van der Waals surface area contributed by atoms with Gasteiger partial charge in [0.25, 0.3) is 5.89 Å². The number of halogens is 1. The smallest absolute Gasteiger partial charge is 0.326 e. The zero-order chi connectivity index (χ0) is 26.1. The van der Waals surface area contributed by atoms with Crippen molar-refractivity contribution in [2.24, 2.45) is 0 Å². The van der Waals surface area contributed by atoms with Gasteiger partial charge in [-0.2, -0.15) is 4.98 Å². The molecule has 37 heavy (non-hydrogen) atoms. The fourth-order valence-electron chi connectivity index (χ4n) is 4.63. The summed E-state index contributed by atoms with van der Waals surface area (Å²) in [5.41, 5.74) is 5.63. The summed E-state index contributed by atoms with van der Waals surface area (Å²) in [7, 11) is 0. The molecule has 2 heterocycles. The Hall–Kier alpha value is -4.46. The number of aromatic nitrogens is 2. The molecule has 0 saturated heterocycles. The van der Waals surface area contributed by atoms with Crippen LogP contribution in [0.4, 0.5) is 14.9 Å². The van der Waals surface area contributed by atoms with Crippen LogP contribution in [0.2, 0.25) is 0 Å². The normalized spacial score (nSPS) is 15.6. The number of rotatable bonds is 6. The standard InChI is InChI=1S/C29H27FN4O3/c1-5-36-24-12-8-20(9-13-24)26-25(28-32-27(33-37-28)21-6-10-22(30)11-7-21)19(4)34(29(35)31-26)23-15-17(2)14-18(3)16-23/h6-16,26H,5H2,1-4H3,(H,31,35). The highest BCUT2D eigenvalue weighted by Gasteiger charge is 2.36. The van der Waals surface area contributed by atoms with Crippen LogP contribution in [0.25, 0.3) is 17.0 Å². The molecule has 1 aromatic heterocycles. The molecule has 1 aliphatic rings. The lowest BCUT2D eigenvalue weighted by atomic mass is 9.94. The van der Waals surface area contributed by atoms with Crippen LogP contribution in [0.3, 0.4) is 0 Å². The highest BCUT2D eigenvalue weighted by Crippen LogP contribution is 2.39. The second kappa shape index (κ2) is 9.89. The van der Waals surface area contributed by atoms with E-state index in [1.807, 2.05) is 64.1 Å². The van der Waals surface area contributed by atoms with Crippen molar-refractivity contribution in [3.05, 3.63) is 101 Å². The van der Waals surface area contributed by atoms with Gasteiger partial charge in [0.15, 0.2) is 0 Å². The van der Waals surface area contributed by atoms with Crippen LogP contribution in [-0.4, -0.2) is 22.8 Å². The van der Waals surface area contributed by atoms with E-state index in [1.54, 1.807) is 17.0 Å². The van der Waals surface area contributed by atoms with Crippen molar-refractivity contribution in [1.82, 2.24) is 15.5 Å². The molecular weight excluding hydrogens is 471 g/mol. The van der Waals surface area contributed by atoms with Gasteiger partial charge < -0.3 is 14.6 Å². The highest BCUT2D eigenvalue weighted by molar-refractivity contribution is 6.01. The lowest BCUT2D eigenvalue weighted by Gasteiger charge is -2.35. The summed E-state index contributed by atoms with van der Waals surface area (Å²) in [5.74, 6) is 0.991. The van der Waals surface area contributed by atoms with Crippen LogP contribution >= 0.6 is 0 Å². The van der Waals surface area contributed by atoms with E-state index in [0.29, 0.717) is 29.3 Å². The van der Waals surface area contributed by atoms with Gasteiger partial charge in [-0.25, -0.2) is 9.18 Å². The summed E-state index contributed by atoms with van der Waals surface area (Å²) in [4.78, 5) is 19.7. The van der Waals surface area contributed by atoms with Crippen molar-refractivity contribution >= 4 is 17.3 Å². The number of amides is 2. The van der Waals surface area contributed by atoms with Gasteiger partial charge in [-0.05, 0) is 92.9 Å². The van der Waals surface area contributed by atoms with Crippen LogP contribution in [0, 0.1) is 19.7 Å².